The van der Waals surface area contributed by atoms with Gasteiger partial charge in [-0.05, 0) is 33.1 Å². The molecule has 1 amide bonds. The summed E-state index contributed by atoms with van der Waals surface area (Å²) in [7, 11) is 0. The van der Waals surface area contributed by atoms with E-state index >= 15 is 0 Å². The standard InChI is InChI=1S/C15H27NO3/c1-15(2,3)19-14(18)16-9-8-13(17)12(10-16)11-6-4-5-7-11/h11-13,17H,4-10H2,1-3H3/t12-,13-/m0/s1. The second kappa shape index (κ2) is 5.70. The molecule has 2 aliphatic rings. The lowest BCUT2D eigenvalue weighted by molar-refractivity contribution is -0.0214. The maximum Gasteiger partial charge on any atom is 0.410 e. The molecular weight excluding hydrogens is 242 g/mol. The van der Waals surface area contributed by atoms with Crippen LogP contribution in [-0.4, -0.2) is 40.9 Å². The molecule has 1 saturated heterocycles. The van der Waals surface area contributed by atoms with Crippen molar-refractivity contribution in [2.75, 3.05) is 13.1 Å². The average Bonchev–Trinajstić information content (AvgIpc) is 2.80. The molecule has 0 unspecified atom stereocenters. The van der Waals surface area contributed by atoms with E-state index in [0.29, 0.717) is 25.4 Å². The third kappa shape index (κ3) is 3.85. The number of likely N-dealkylation sites (tertiary alicyclic amines) is 1. The van der Waals surface area contributed by atoms with E-state index in [0.717, 1.165) is 0 Å². The molecule has 19 heavy (non-hydrogen) atoms. The lowest BCUT2D eigenvalue weighted by atomic mass is 9.82. The molecule has 1 heterocycles. The van der Waals surface area contributed by atoms with Crippen molar-refractivity contribution in [2.45, 2.75) is 64.6 Å². The number of hydrogen-bond acceptors (Lipinski definition) is 3. The van der Waals surface area contributed by atoms with Crippen LogP contribution in [0.15, 0.2) is 0 Å². The van der Waals surface area contributed by atoms with Crippen molar-refractivity contribution in [3.8, 4) is 0 Å². The zero-order chi connectivity index (χ0) is 14.0. The number of amides is 1. The van der Waals surface area contributed by atoms with Gasteiger partial charge in [0.2, 0.25) is 0 Å². The first-order valence-corrected chi connectivity index (χ1v) is 7.53. The van der Waals surface area contributed by atoms with Crippen molar-refractivity contribution < 1.29 is 14.6 Å². The molecule has 2 atom stereocenters. The number of carbonyl (C=O) groups is 1. The second-order valence-electron chi connectivity index (χ2n) is 6.99. The van der Waals surface area contributed by atoms with Gasteiger partial charge in [-0.25, -0.2) is 4.79 Å². The van der Waals surface area contributed by atoms with Crippen LogP contribution in [0.1, 0.15) is 52.9 Å². The summed E-state index contributed by atoms with van der Waals surface area (Å²) in [6.45, 7) is 6.93. The van der Waals surface area contributed by atoms with Crippen LogP contribution in [0.3, 0.4) is 0 Å². The van der Waals surface area contributed by atoms with Crippen LogP contribution in [0.4, 0.5) is 4.79 Å². The summed E-state index contributed by atoms with van der Waals surface area (Å²) in [5.41, 5.74) is -0.448. The van der Waals surface area contributed by atoms with Crippen LogP contribution in [0.5, 0.6) is 0 Å². The lowest BCUT2D eigenvalue weighted by Gasteiger charge is -2.39. The SMILES string of the molecule is CC(C)(C)OC(=O)N1CC[C@H](O)[C@H](C2CCCC2)C1. The molecular formula is C15H27NO3. The Morgan fingerprint density at radius 1 is 1.21 bits per heavy atom. The second-order valence-corrected chi connectivity index (χ2v) is 6.99. The minimum absolute atomic E-state index is 0.234. The highest BCUT2D eigenvalue weighted by molar-refractivity contribution is 5.68. The first-order chi connectivity index (χ1) is 8.87. The number of hydrogen-bond donors (Lipinski definition) is 1. The van der Waals surface area contributed by atoms with Gasteiger partial charge in [-0.2, -0.15) is 0 Å². The summed E-state index contributed by atoms with van der Waals surface area (Å²) in [6.07, 6.45) is 5.12. The van der Waals surface area contributed by atoms with Crippen LogP contribution in [0.2, 0.25) is 0 Å². The van der Waals surface area contributed by atoms with Gasteiger partial charge in [0.25, 0.3) is 0 Å². The highest BCUT2D eigenvalue weighted by Crippen LogP contribution is 2.36. The quantitative estimate of drug-likeness (QED) is 0.796. The van der Waals surface area contributed by atoms with Crippen molar-refractivity contribution in [3.63, 3.8) is 0 Å². The van der Waals surface area contributed by atoms with Crippen molar-refractivity contribution in [2.24, 2.45) is 11.8 Å². The van der Waals surface area contributed by atoms with Gasteiger partial charge in [0.05, 0.1) is 6.10 Å². The van der Waals surface area contributed by atoms with Gasteiger partial charge in [0.1, 0.15) is 5.60 Å². The summed E-state index contributed by atoms with van der Waals surface area (Å²) in [5.74, 6) is 0.823. The Morgan fingerprint density at radius 2 is 1.84 bits per heavy atom. The Hall–Kier alpha value is -0.770. The molecule has 0 bridgehead atoms. The van der Waals surface area contributed by atoms with E-state index in [9.17, 15) is 9.90 Å². The summed E-state index contributed by atoms with van der Waals surface area (Å²) in [5, 5.41) is 10.2. The molecule has 0 aromatic rings. The smallest absolute Gasteiger partial charge is 0.410 e. The normalized spacial score (nSPS) is 29.6. The lowest BCUT2D eigenvalue weighted by Crippen LogP contribution is -2.49. The molecule has 1 N–H and O–H groups in total. The van der Waals surface area contributed by atoms with Gasteiger partial charge in [0, 0.05) is 19.0 Å². The van der Waals surface area contributed by atoms with E-state index in [1.807, 2.05) is 20.8 Å². The summed E-state index contributed by atoms with van der Waals surface area (Å²) in [4.78, 5) is 13.9. The van der Waals surface area contributed by atoms with Crippen LogP contribution < -0.4 is 0 Å². The zero-order valence-corrected chi connectivity index (χ0v) is 12.4. The molecule has 0 aromatic carbocycles. The average molecular weight is 269 g/mol. The minimum atomic E-state index is -0.448. The van der Waals surface area contributed by atoms with Crippen molar-refractivity contribution in [3.05, 3.63) is 0 Å². The fourth-order valence-electron chi connectivity index (χ4n) is 3.31. The fourth-order valence-corrected chi connectivity index (χ4v) is 3.31. The number of aliphatic hydroxyl groups excluding tert-OH is 1. The molecule has 0 radical (unpaired) electrons. The topological polar surface area (TPSA) is 49.8 Å². The molecule has 1 aliphatic carbocycles. The molecule has 2 rings (SSSR count). The molecule has 1 aliphatic heterocycles. The molecule has 4 heteroatoms. The maximum absolute atomic E-state index is 12.1. The molecule has 0 aromatic heterocycles. The van der Waals surface area contributed by atoms with Crippen molar-refractivity contribution in [1.29, 1.82) is 0 Å². The Bertz CT molecular complexity index is 318. The summed E-state index contributed by atoms with van der Waals surface area (Å²) >= 11 is 0. The van der Waals surface area contributed by atoms with E-state index in [2.05, 4.69) is 0 Å². The first kappa shape index (κ1) is 14.6. The number of carbonyl (C=O) groups excluding carboxylic acids is 1. The maximum atomic E-state index is 12.1. The van der Waals surface area contributed by atoms with Crippen LogP contribution in [0.25, 0.3) is 0 Å². The number of aliphatic hydroxyl groups is 1. The van der Waals surface area contributed by atoms with E-state index in [4.69, 9.17) is 4.74 Å². The van der Waals surface area contributed by atoms with Gasteiger partial charge in [-0.15, -0.1) is 0 Å². The van der Waals surface area contributed by atoms with Gasteiger partial charge < -0.3 is 14.7 Å². The molecule has 110 valence electrons. The number of nitrogens with zero attached hydrogens (tertiary/aromatic N) is 1. The first-order valence-electron chi connectivity index (χ1n) is 7.53. The van der Waals surface area contributed by atoms with E-state index in [1.165, 1.54) is 25.7 Å². The third-order valence-electron chi connectivity index (χ3n) is 4.28. The highest BCUT2D eigenvalue weighted by Gasteiger charge is 2.37. The minimum Gasteiger partial charge on any atom is -0.444 e. The summed E-state index contributed by atoms with van der Waals surface area (Å²) in [6, 6.07) is 0. The summed E-state index contributed by atoms with van der Waals surface area (Å²) < 4.78 is 5.43. The predicted molar refractivity (Wildman–Crippen MR) is 73.9 cm³/mol. The Balaban J connectivity index is 1.94. The van der Waals surface area contributed by atoms with Crippen LogP contribution in [0, 0.1) is 11.8 Å². The number of piperidine rings is 1. The van der Waals surface area contributed by atoms with Gasteiger partial charge >= 0.3 is 6.09 Å². The fraction of sp³-hybridized carbons (Fsp3) is 0.933. The van der Waals surface area contributed by atoms with Gasteiger partial charge in [0.15, 0.2) is 0 Å². The monoisotopic (exact) mass is 269 g/mol. The Kier molecular flexibility index (Phi) is 4.39. The predicted octanol–water partition coefficient (Wildman–Crippen LogP) is 2.79. The largest absolute Gasteiger partial charge is 0.444 e. The Labute approximate surface area is 116 Å². The third-order valence-corrected chi connectivity index (χ3v) is 4.28. The van der Waals surface area contributed by atoms with Gasteiger partial charge in [-0.3, -0.25) is 0 Å². The number of ether oxygens (including phenoxy) is 1. The highest BCUT2D eigenvalue weighted by atomic mass is 16.6. The molecule has 2 fully saturated rings. The van der Waals surface area contributed by atoms with E-state index < -0.39 is 5.60 Å². The van der Waals surface area contributed by atoms with Crippen molar-refractivity contribution >= 4 is 6.09 Å². The van der Waals surface area contributed by atoms with E-state index in [1.54, 1.807) is 4.90 Å². The van der Waals surface area contributed by atoms with Crippen LogP contribution in [-0.2, 0) is 4.74 Å². The molecule has 4 nitrogen and oxygen atoms in total. The molecule has 0 spiro atoms. The van der Waals surface area contributed by atoms with Crippen molar-refractivity contribution in [1.82, 2.24) is 4.90 Å². The van der Waals surface area contributed by atoms with Gasteiger partial charge in [-0.1, -0.05) is 25.7 Å². The van der Waals surface area contributed by atoms with E-state index in [-0.39, 0.29) is 18.1 Å². The molecule has 1 saturated carbocycles. The zero-order valence-electron chi connectivity index (χ0n) is 12.4. The number of rotatable bonds is 1. The Morgan fingerprint density at radius 3 is 2.42 bits per heavy atom. The van der Waals surface area contributed by atoms with Crippen LogP contribution >= 0.6 is 0 Å².